The zero-order chi connectivity index (χ0) is 20.2. The minimum atomic E-state index is -0.493. The van der Waals surface area contributed by atoms with E-state index in [1.54, 1.807) is 30.7 Å². The van der Waals surface area contributed by atoms with Crippen LogP contribution in [0.1, 0.15) is 43.4 Å². The number of rotatable bonds is 6. The predicted octanol–water partition coefficient (Wildman–Crippen LogP) is 2.78. The highest BCUT2D eigenvalue weighted by atomic mass is 16.5. The third-order valence-corrected chi connectivity index (χ3v) is 5.09. The molecule has 1 saturated carbocycles. The Kier molecular flexibility index (Phi) is 5.46. The lowest BCUT2D eigenvalue weighted by molar-refractivity contribution is 0.201. The van der Waals surface area contributed by atoms with Crippen LogP contribution in [0.5, 0.6) is 5.88 Å². The van der Waals surface area contributed by atoms with Gasteiger partial charge < -0.3 is 24.5 Å². The van der Waals surface area contributed by atoms with Gasteiger partial charge in [-0.1, -0.05) is 0 Å². The number of hydrogen-bond donors (Lipinski definition) is 2. The Morgan fingerprint density at radius 2 is 1.72 bits per heavy atom. The van der Waals surface area contributed by atoms with E-state index in [0.29, 0.717) is 23.2 Å². The first-order chi connectivity index (χ1) is 14.1. The van der Waals surface area contributed by atoms with E-state index in [0.717, 1.165) is 12.8 Å². The summed E-state index contributed by atoms with van der Waals surface area (Å²) in [7, 11) is 3.76. The molecule has 2 amide bonds. The molecule has 0 aliphatic heterocycles. The van der Waals surface area contributed by atoms with Crippen molar-refractivity contribution >= 4 is 11.7 Å². The van der Waals surface area contributed by atoms with Gasteiger partial charge in [-0.3, -0.25) is 0 Å². The minimum Gasteiger partial charge on any atom is -0.474 e. The Balaban J connectivity index is 1.43. The quantitative estimate of drug-likeness (QED) is 0.669. The first kappa shape index (κ1) is 19.0. The van der Waals surface area contributed by atoms with Crippen LogP contribution < -0.4 is 15.4 Å². The smallest absolute Gasteiger partial charge is 0.320 e. The Morgan fingerprint density at radius 3 is 2.24 bits per heavy atom. The number of urea groups is 1. The Hall–Kier alpha value is -3.36. The van der Waals surface area contributed by atoms with Gasteiger partial charge in [0.2, 0.25) is 5.88 Å². The second kappa shape index (κ2) is 8.34. The zero-order valence-electron chi connectivity index (χ0n) is 16.6. The van der Waals surface area contributed by atoms with Gasteiger partial charge in [0.05, 0.1) is 11.9 Å². The fourth-order valence-corrected chi connectivity index (χ4v) is 3.55. The molecule has 29 heavy (non-hydrogen) atoms. The van der Waals surface area contributed by atoms with Crippen LogP contribution in [0.3, 0.4) is 0 Å². The van der Waals surface area contributed by atoms with E-state index < -0.39 is 6.04 Å². The van der Waals surface area contributed by atoms with Crippen LogP contribution in [0, 0.1) is 0 Å². The van der Waals surface area contributed by atoms with Crippen molar-refractivity contribution in [2.45, 2.75) is 37.8 Å². The number of anilines is 1. The lowest BCUT2D eigenvalue weighted by atomic mass is 10.2. The lowest BCUT2D eigenvalue weighted by Crippen LogP contribution is -2.35. The number of nitrogens with zero attached hydrogens (tertiary/aromatic N) is 5. The van der Waals surface area contributed by atoms with Crippen molar-refractivity contribution in [3.05, 3.63) is 54.8 Å². The van der Waals surface area contributed by atoms with Crippen molar-refractivity contribution in [2.24, 2.45) is 14.1 Å². The molecule has 0 spiro atoms. The second-order valence-electron chi connectivity index (χ2n) is 7.23. The number of hydrogen-bond acceptors (Lipinski definition) is 5. The van der Waals surface area contributed by atoms with Gasteiger partial charge in [0.1, 0.15) is 23.8 Å². The van der Waals surface area contributed by atoms with Crippen LogP contribution >= 0.6 is 0 Å². The Bertz CT molecular complexity index is 917. The molecular weight excluding hydrogens is 370 g/mol. The van der Waals surface area contributed by atoms with Crippen LogP contribution in [-0.4, -0.2) is 36.2 Å². The molecule has 2 N–H and O–H groups in total. The van der Waals surface area contributed by atoms with Gasteiger partial charge in [-0.15, -0.1) is 0 Å². The number of carbonyl (C=O) groups is 1. The molecule has 3 aromatic heterocycles. The summed E-state index contributed by atoms with van der Waals surface area (Å²) in [5.74, 6) is 1.96. The number of imidazole rings is 2. The monoisotopic (exact) mass is 395 g/mol. The van der Waals surface area contributed by atoms with Crippen molar-refractivity contribution in [1.82, 2.24) is 29.4 Å². The molecule has 0 atom stereocenters. The summed E-state index contributed by atoms with van der Waals surface area (Å²) < 4.78 is 9.58. The van der Waals surface area contributed by atoms with Crippen molar-refractivity contribution < 1.29 is 9.53 Å². The Morgan fingerprint density at radius 1 is 1.07 bits per heavy atom. The second-order valence-corrected chi connectivity index (χ2v) is 7.23. The first-order valence-electron chi connectivity index (χ1n) is 9.75. The van der Waals surface area contributed by atoms with Crippen LogP contribution in [0.25, 0.3) is 0 Å². The van der Waals surface area contributed by atoms with Crippen LogP contribution in [-0.2, 0) is 14.1 Å². The number of aryl methyl sites for hydroxylation is 2. The maximum atomic E-state index is 12.6. The standard InChI is InChI=1S/C20H25N7O2/c1-26-11-9-21-18(26)17(19-22-10-12-27(19)2)25-20(28)24-14-7-8-16(23-13-14)29-15-5-3-4-6-15/h7-13,15,17H,3-6H2,1-2H3,(H2,24,25,28). The summed E-state index contributed by atoms with van der Waals surface area (Å²) in [6.07, 6.45) is 13.5. The SMILES string of the molecule is Cn1ccnc1C(NC(=O)Nc1ccc(OC2CCCC2)nc1)c1nccn1C. The van der Waals surface area contributed by atoms with E-state index >= 15 is 0 Å². The van der Waals surface area contributed by atoms with E-state index in [1.807, 2.05) is 35.6 Å². The molecule has 0 unspecified atom stereocenters. The third kappa shape index (κ3) is 4.39. The summed E-state index contributed by atoms with van der Waals surface area (Å²) in [5.41, 5.74) is 0.583. The normalized spacial score (nSPS) is 14.3. The Labute approximate surface area is 169 Å². The van der Waals surface area contributed by atoms with Gasteiger partial charge in [0, 0.05) is 44.9 Å². The summed E-state index contributed by atoms with van der Waals surface area (Å²) in [5, 5.41) is 5.76. The van der Waals surface area contributed by atoms with Crippen LogP contribution in [0.4, 0.5) is 10.5 Å². The average Bonchev–Trinajstić information content (AvgIpc) is 3.45. The maximum Gasteiger partial charge on any atom is 0.320 e. The first-order valence-corrected chi connectivity index (χ1v) is 9.75. The molecule has 0 saturated heterocycles. The van der Waals surface area contributed by atoms with Crippen LogP contribution in [0.2, 0.25) is 0 Å². The highest BCUT2D eigenvalue weighted by molar-refractivity contribution is 5.89. The molecule has 3 heterocycles. The summed E-state index contributed by atoms with van der Waals surface area (Å²) in [6, 6.07) is 2.70. The van der Waals surface area contributed by atoms with E-state index in [1.165, 1.54) is 12.8 Å². The molecule has 9 nitrogen and oxygen atoms in total. The molecule has 3 aromatic rings. The maximum absolute atomic E-state index is 12.6. The molecule has 1 aliphatic rings. The van der Waals surface area contributed by atoms with Gasteiger partial charge in [-0.2, -0.15) is 0 Å². The molecular formula is C20H25N7O2. The van der Waals surface area contributed by atoms with Gasteiger partial charge in [-0.05, 0) is 31.7 Å². The van der Waals surface area contributed by atoms with E-state index in [9.17, 15) is 4.79 Å². The van der Waals surface area contributed by atoms with Gasteiger partial charge in [0.15, 0.2) is 0 Å². The number of amides is 2. The summed E-state index contributed by atoms with van der Waals surface area (Å²) in [4.78, 5) is 25.7. The number of nitrogens with one attached hydrogen (secondary N) is 2. The largest absolute Gasteiger partial charge is 0.474 e. The lowest BCUT2D eigenvalue weighted by Gasteiger charge is -2.19. The summed E-state index contributed by atoms with van der Waals surface area (Å²) >= 11 is 0. The number of pyridine rings is 1. The minimum absolute atomic E-state index is 0.251. The van der Waals surface area contributed by atoms with Crippen molar-refractivity contribution in [3.63, 3.8) is 0 Å². The molecule has 0 radical (unpaired) electrons. The van der Waals surface area contributed by atoms with Crippen molar-refractivity contribution in [1.29, 1.82) is 0 Å². The molecule has 0 bridgehead atoms. The predicted molar refractivity (Wildman–Crippen MR) is 108 cm³/mol. The third-order valence-electron chi connectivity index (χ3n) is 5.09. The van der Waals surface area contributed by atoms with Gasteiger partial charge in [0.25, 0.3) is 0 Å². The molecule has 4 rings (SSSR count). The van der Waals surface area contributed by atoms with Gasteiger partial charge in [-0.25, -0.2) is 19.7 Å². The summed E-state index contributed by atoms with van der Waals surface area (Å²) in [6.45, 7) is 0. The molecule has 152 valence electrons. The number of ether oxygens (including phenoxy) is 1. The molecule has 0 aromatic carbocycles. The van der Waals surface area contributed by atoms with E-state index in [-0.39, 0.29) is 12.1 Å². The van der Waals surface area contributed by atoms with E-state index in [2.05, 4.69) is 25.6 Å². The number of carbonyl (C=O) groups excluding carboxylic acids is 1. The van der Waals surface area contributed by atoms with Crippen LogP contribution in [0.15, 0.2) is 43.1 Å². The molecule has 9 heteroatoms. The highest BCUT2D eigenvalue weighted by Crippen LogP contribution is 2.23. The van der Waals surface area contributed by atoms with Gasteiger partial charge >= 0.3 is 6.03 Å². The number of aromatic nitrogens is 5. The molecule has 1 aliphatic carbocycles. The zero-order valence-corrected chi connectivity index (χ0v) is 16.6. The molecule has 1 fully saturated rings. The fourth-order valence-electron chi connectivity index (χ4n) is 3.55. The highest BCUT2D eigenvalue weighted by Gasteiger charge is 2.24. The van der Waals surface area contributed by atoms with E-state index in [4.69, 9.17) is 4.74 Å². The van der Waals surface area contributed by atoms with Crippen molar-refractivity contribution in [3.8, 4) is 5.88 Å². The average molecular weight is 395 g/mol. The fraction of sp³-hybridized carbons (Fsp3) is 0.400. The topological polar surface area (TPSA) is 98.9 Å². The van der Waals surface area contributed by atoms with Crippen molar-refractivity contribution in [2.75, 3.05) is 5.32 Å².